The molecule has 0 unspecified atom stereocenters. The van der Waals surface area contributed by atoms with Crippen molar-refractivity contribution >= 4 is 30.8 Å². The van der Waals surface area contributed by atoms with E-state index in [0.717, 1.165) is 8.61 Å². The van der Waals surface area contributed by atoms with E-state index in [1.807, 2.05) is 0 Å². The highest BCUT2D eigenvalue weighted by molar-refractivity contribution is 7.90. The molecule has 2 aromatic carbocycles. The summed E-state index contributed by atoms with van der Waals surface area (Å²) in [5.41, 5.74) is 0. The Hall–Kier alpha value is -2.32. The van der Waals surface area contributed by atoms with E-state index in [1.165, 1.54) is 36.9 Å². The number of rotatable bonds is 4. The van der Waals surface area contributed by atoms with Crippen LogP contribution in [0.25, 0.3) is 10.8 Å². The average molecular weight is 334 g/mol. The summed E-state index contributed by atoms with van der Waals surface area (Å²) in [4.78, 5) is 0.177. The van der Waals surface area contributed by atoms with Gasteiger partial charge in [-0.15, -0.1) is 0 Å². The second-order valence-corrected chi connectivity index (χ2v) is 8.50. The van der Waals surface area contributed by atoms with Crippen molar-refractivity contribution in [3.05, 3.63) is 61.2 Å². The topological polar surface area (TPSA) is 74.3 Å². The molecule has 0 aliphatic carbocycles. The molecule has 0 bridgehead atoms. The average Bonchev–Trinajstić information content (AvgIpc) is 3.37. The van der Waals surface area contributed by atoms with Crippen molar-refractivity contribution in [2.24, 2.45) is 0 Å². The number of sulfonamides is 2. The maximum absolute atomic E-state index is 12.4. The molecule has 2 aromatic rings. The van der Waals surface area contributed by atoms with E-state index in [9.17, 15) is 16.8 Å². The van der Waals surface area contributed by atoms with Gasteiger partial charge in [0.2, 0.25) is 0 Å². The zero-order valence-corrected chi connectivity index (χ0v) is 12.8. The predicted octanol–water partition coefficient (Wildman–Crippen LogP) is 1.79. The van der Waals surface area contributed by atoms with E-state index >= 15 is 0 Å². The molecular formula is C14H10N2O4S2. The lowest BCUT2D eigenvalue weighted by molar-refractivity contribution is 0.568. The van der Waals surface area contributed by atoms with Crippen molar-refractivity contribution in [3.63, 3.8) is 0 Å². The molecule has 22 heavy (non-hydrogen) atoms. The van der Waals surface area contributed by atoms with E-state index < -0.39 is 20.0 Å². The Kier molecular flexibility index (Phi) is 2.50. The van der Waals surface area contributed by atoms with Crippen molar-refractivity contribution in [1.29, 1.82) is 0 Å². The standard InChI is InChI=1S/C14H10N2O4S2/c17-21(18,15-7-8-15)13-5-1-3-11-12(13)4-2-6-14(11)22(19,20)16-9-10-16/h1-10H. The summed E-state index contributed by atoms with van der Waals surface area (Å²) in [6.07, 6.45) is 5.76. The smallest absolute Gasteiger partial charge is 0.246 e. The fourth-order valence-electron chi connectivity index (χ4n) is 2.30. The quantitative estimate of drug-likeness (QED) is 0.854. The first-order valence-corrected chi connectivity index (χ1v) is 9.26. The summed E-state index contributed by atoms with van der Waals surface area (Å²) >= 11 is 0. The van der Waals surface area contributed by atoms with Crippen LogP contribution in [0.2, 0.25) is 0 Å². The third-order valence-corrected chi connectivity index (χ3v) is 6.92. The Morgan fingerprint density at radius 1 is 0.591 bits per heavy atom. The third-order valence-electron chi connectivity index (χ3n) is 3.49. The zero-order valence-electron chi connectivity index (χ0n) is 11.1. The van der Waals surface area contributed by atoms with Crippen molar-refractivity contribution in [3.8, 4) is 0 Å². The molecule has 0 aromatic heterocycles. The van der Waals surface area contributed by atoms with Gasteiger partial charge in [-0.3, -0.25) is 0 Å². The molecule has 0 atom stereocenters. The van der Waals surface area contributed by atoms with Crippen molar-refractivity contribution in [2.45, 2.75) is 9.79 Å². The van der Waals surface area contributed by atoms with Gasteiger partial charge in [0, 0.05) is 35.6 Å². The summed E-state index contributed by atoms with van der Waals surface area (Å²) in [7, 11) is -7.32. The fraction of sp³-hybridized carbons (Fsp3) is 0. The van der Waals surface area contributed by atoms with Crippen LogP contribution in [0, 0.1) is 0 Å². The number of nitrogens with zero attached hydrogens (tertiary/aromatic N) is 2. The van der Waals surface area contributed by atoms with Crippen molar-refractivity contribution in [2.75, 3.05) is 0 Å². The second kappa shape index (κ2) is 4.11. The SMILES string of the molecule is O=S(=O)(c1cccc2c(S(=O)(=O)N3C=C3)cccc12)N1C=C1. The van der Waals surface area contributed by atoms with Crippen LogP contribution in [0.4, 0.5) is 0 Å². The molecule has 0 amide bonds. The fourth-order valence-corrected chi connectivity index (χ4v) is 4.92. The molecule has 0 saturated carbocycles. The van der Waals surface area contributed by atoms with Crippen molar-refractivity contribution in [1.82, 2.24) is 8.61 Å². The van der Waals surface area contributed by atoms with Gasteiger partial charge in [-0.1, -0.05) is 24.3 Å². The summed E-state index contributed by atoms with van der Waals surface area (Å²) in [6.45, 7) is 0. The molecule has 4 rings (SSSR count). The van der Waals surface area contributed by atoms with Gasteiger partial charge < -0.3 is 0 Å². The lowest BCUT2D eigenvalue weighted by atomic mass is 10.1. The van der Waals surface area contributed by atoms with Crippen LogP contribution in [0.1, 0.15) is 0 Å². The van der Waals surface area contributed by atoms with Crippen LogP contribution in [0.3, 0.4) is 0 Å². The number of fused-ring (bicyclic) bond motifs is 1. The van der Waals surface area contributed by atoms with Crippen LogP contribution < -0.4 is 0 Å². The third kappa shape index (κ3) is 1.84. The van der Waals surface area contributed by atoms with E-state index in [1.54, 1.807) is 24.3 Å². The van der Waals surface area contributed by atoms with Gasteiger partial charge in [0.15, 0.2) is 0 Å². The molecule has 2 aliphatic rings. The largest absolute Gasteiger partial charge is 0.268 e. The van der Waals surface area contributed by atoms with Crippen LogP contribution in [0.15, 0.2) is 71.0 Å². The number of hydrogen-bond donors (Lipinski definition) is 0. The highest BCUT2D eigenvalue weighted by Crippen LogP contribution is 2.34. The minimum atomic E-state index is -3.66. The first kappa shape index (κ1) is 13.4. The van der Waals surface area contributed by atoms with Gasteiger partial charge in [0.25, 0.3) is 20.0 Å². The minimum Gasteiger partial charge on any atom is -0.246 e. The maximum Gasteiger partial charge on any atom is 0.268 e. The first-order chi connectivity index (χ1) is 10.4. The lowest BCUT2D eigenvalue weighted by Gasteiger charge is -2.12. The molecule has 2 heterocycles. The van der Waals surface area contributed by atoms with Crippen LogP contribution in [-0.4, -0.2) is 25.4 Å². The Balaban J connectivity index is 2.00. The summed E-state index contributed by atoms with van der Waals surface area (Å²) in [5, 5.41) is 0.776. The highest BCUT2D eigenvalue weighted by Gasteiger charge is 2.31. The Bertz CT molecular complexity index is 970. The van der Waals surface area contributed by atoms with Gasteiger partial charge in [0.05, 0.1) is 9.79 Å². The monoisotopic (exact) mass is 334 g/mol. The van der Waals surface area contributed by atoms with Crippen LogP contribution in [0.5, 0.6) is 0 Å². The second-order valence-electron chi connectivity index (χ2n) is 4.87. The summed E-state index contributed by atoms with van der Waals surface area (Å²) in [6, 6.07) is 9.27. The van der Waals surface area contributed by atoms with Crippen LogP contribution >= 0.6 is 0 Å². The van der Waals surface area contributed by atoms with Gasteiger partial charge in [-0.05, 0) is 12.1 Å². The molecule has 2 aliphatic heterocycles. The van der Waals surface area contributed by atoms with E-state index in [0.29, 0.717) is 10.8 Å². The van der Waals surface area contributed by atoms with E-state index in [2.05, 4.69) is 0 Å². The zero-order chi connectivity index (χ0) is 15.5. The molecule has 8 heteroatoms. The number of benzene rings is 2. The Morgan fingerprint density at radius 3 is 1.27 bits per heavy atom. The minimum absolute atomic E-state index is 0.0887. The molecular weight excluding hydrogens is 324 g/mol. The molecule has 0 fully saturated rings. The first-order valence-electron chi connectivity index (χ1n) is 6.38. The van der Waals surface area contributed by atoms with Gasteiger partial charge in [0.1, 0.15) is 0 Å². The van der Waals surface area contributed by atoms with Gasteiger partial charge in [-0.25, -0.2) is 25.4 Å². The van der Waals surface area contributed by atoms with Gasteiger partial charge in [-0.2, -0.15) is 0 Å². The predicted molar refractivity (Wildman–Crippen MR) is 80.3 cm³/mol. The molecule has 6 nitrogen and oxygen atoms in total. The normalized spacial score (nSPS) is 16.4. The Morgan fingerprint density at radius 2 is 0.955 bits per heavy atom. The molecule has 0 N–H and O–H groups in total. The summed E-state index contributed by atoms with van der Waals surface area (Å²) < 4.78 is 51.8. The summed E-state index contributed by atoms with van der Waals surface area (Å²) in [5.74, 6) is 0. The van der Waals surface area contributed by atoms with Crippen molar-refractivity contribution < 1.29 is 16.8 Å². The molecule has 0 spiro atoms. The van der Waals surface area contributed by atoms with E-state index in [4.69, 9.17) is 0 Å². The molecule has 112 valence electrons. The molecule has 0 saturated heterocycles. The maximum atomic E-state index is 12.4. The van der Waals surface area contributed by atoms with Crippen LogP contribution in [-0.2, 0) is 20.0 Å². The van der Waals surface area contributed by atoms with Gasteiger partial charge >= 0.3 is 0 Å². The number of hydrogen-bond acceptors (Lipinski definition) is 4. The lowest BCUT2D eigenvalue weighted by Crippen LogP contribution is -2.14. The molecule has 0 radical (unpaired) electrons. The van der Waals surface area contributed by atoms with E-state index in [-0.39, 0.29) is 9.79 Å². The highest BCUT2D eigenvalue weighted by atomic mass is 32.2. The Labute approximate surface area is 127 Å².